The molecule has 72 heavy (non-hydrogen) atoms. The Hall–Kier alpha value is -3.67. The Morgan fingerprint density at radius 3 is 0.861 bits per heavy atom. The van der Waals surface area contributed by atoms with Crippen molar-refractivity contribution in [1.29, 1.82) is 0 Å². The maximum atomic E-state index is 12.8. The first-order valence-electron chi connectivity index (χ1n) is 30.2. The molecule has 0 radical (unpaired) electrons. The molecule has 0 aromatic carbocycles. The third-order valence-electron chi connectivity index (χ3n) is 12.8. The fraction of sp³-hybridized carbons (Fsp3) is 0.712. The lowest BCUT2D eigenvalue weighted by atomic mass is 10.0. The standard InChI is InChI=1S/C66H112O6/c1-4-7-10-13-16-18-20-22-24-26-27-28-29-30-31-32-33-34-35-36-37-38-39-40-42-43-45-47-50-53-56-59-65(68)71-62-63(61-70-64(67)58-55-52-49-15-12-9-6-3)72-66(69)60-57-54-51-48-46-44-41-25-23-21-19-17-14-11-8-5-2/h7,10,16,18-19,21-22,24-25,27-28,30-31,33-34,41,63H,4-6,8-9,11-15,17,20,23,26,29,32,35-40,42-62H2,1-3H3/b10-7-,18-16-,21-19-,24-22-,28-27-,31-30-,34-33-,41-25-. The molecule has 0 aliphatic rings. The van der Waals surface area contributed by atoms with Crippen molar-refractivity contribution in [2.45, 2.75) is 290 Å². The van der Waals surface area contributed by atoms with Gasteiger partial charge in [0.1, 0.15) is 13.2 Å². The van der Waals surface area contributed by atoms with Gasteiger partial charge in [-0.1, -0.05) is 259 Å². The summed E-state index contributed by atoms with van der Waals surface area (Å²) in [7, 11) is 0. The van der Waals surface area contributed by atoms with Gasteiger partial charge >= 0.3 is 17.9 Å². The summed E-state index contributed by atoms with van der Waals surface area (Å²) >= 11 is 0. The fourth-order valence-corrected chi connectivity index (χ4v) is 8.30. The molecule has 0 rings (SSSR count). The van der Waals surface area contributed by atoms with Crippen molar-refractivity contribution in [3.63, 3.8) is 0 Å². The second-order valence-electron chi connectivity index (χ2n) is 19.9. The predicted octanol–water partition coefficient (Wildman–Crippen LogP) is 20.5. The minimum absolute atomic E-state index is 0.0817. The van der Waals surface area contributed by atoms with Crippen LogP contribution in [0.25, 0.3) is 0 Å². The summed E-state index contributed by atoms with van der Waals surface area (Å²) in [4.78, 5) is 38.0. The first-order chi connectivity index (χ1) is 35.5. The molecule has 0 amide bonds. The van der Waals surface area contributed by atoms with Crippen LogP contribution in [0.4, 0.5) is 0 Å². The number of hydrogen-bond acceptors (Lipinski definition) is 6. The highest BCUT2D eigenvalue weighted by molar-refractivity contribution is 5.71. The normalized spacial score (nSPS) is 12.8. The molecular weight excluding hydrogens is 889 g/mol. The molecule has 1 atom stereocenters. The monoisotopic (exact) mass is 1000 g/mol. The van der Waals surface area contributed by atoms with Gasteiger partial charge < -0.3 is 14.2 Å². The van der Waals surface area contributed by atoms with Crippen LogP contribution < -0.4 is 0 Å². The van der Waals surface area contributed by atoms with Crippen LogP contribution in [0.2, 0.25) is 0 Å². The van der Waals surface area contributed by atoms with E-state index in [1.54, 1.807) is 0 Å². The number of carbonyl (C=O) groups excluding carboxylic acids is 3. The molecule has 6 nitrogen and oxygen atoms in total. The average molecular weight is 1000 g/mol. The maximum absolute atomic E-state index is 12.8. The predicted molar refractivity (Wildman–Crippen MR) is 311 cm³/mol. The largest absolute Gasteiger partial charge is 0.462 e. The highest BCUT2D eigenvalue weighted by atomic mass is 16.6. The molecule has 0 aromatic rings. The van der Waals surface area contributed by atoms with Crippen molar-refractivity contribution in [1.82, 2.24) is 0 Å². The van der Waals surface area contributed by atoms with Crippen molar-refractivity contribution >= 4 is 17.9 Å². The zero-order valence-corrected chi connectivity index (χ0v) is 47.2. The van der Waals surface area contributed by atoms with Crippen LogP contribution in [0.5, 0.6) is 0 Å². The molecular formula is C66H112O6. The minimum Gasteiger partial charge on any atom is -0.462 e. The number of esters is 3. The van der Waals surface area contributed by atoms with E-state index < -0.39 is 6.10 Å². The van der Waals surface area contributed by atoms with Crippen molar-refractivity contribution in [3.05, 3.63) is 97.2 Å². The smallest absolute Gasteiger partial charge is 0.306 e. The van der Waals surface area contributed by atoms with Gasteiger partial charge in [0.25, 0.3) is 0 Å². The van der Waals surface area contributed by atoms with Crippen LogP contribution in [-0.4, -0.2) is 37.2 Å². The fourth-order valence-electron chi connectivity index (χ4n) is 8.30. The van der Waals surface area contributed by atoms with Gasteiger partial charge in [0.2, 0.25) is 0 Å². The molecule has 0 saturated heterocycles. The quantitative estimate of drug-likeness (QED) is 0.0261. The molecule has 0 aromatic heterocycles. The van der Waals surface area contributed by atoms with E-state index in [1.807, 2.05) is 0 Å². The number of ether oxygens (including phenoxy) is 3. The second-order valence-corrected chi connectivity index (χ2v) is 19.9. The Bertz CT molecular complexity index is 1430. The lowest BCUT2D eigenvalue weighted by Crippen LogP contribution is -2.30. The average Bonchev–Trinajstić information content (AvgIpc) is 3.38. The van der Waals surface area contributed by atoms with E-state index in [9.17, 15) is 14.4 Å². The van der Waals surface area contributed by atoms with Gasteiger partial charge in [0, 0.05) is 19.3 Å². The molecule has 0 saturated carbocycles. The van der Waals surface area contributed by atoms with Crippen LogP contribution in [0.1, 0.15) is 284 Å². The van der Waals surface area contributed by atoms with Gasteiger partial charge in [-0.3, -0.25) is 14.4 Å². The van der Waals surface area contributed by atoms with Crippen LogP contribution in [0.3, 0.4) is 0 Å². The Kier molecular flexibility index (Phi) is 56.8. The van der Waals surface area contributed by atoms with E-state index in [-0.39, 0.29) is 31.1 Å². The third kappa shape index (κ3) is 57.2. The Labute approximate surface area is 445 Å². The molecule has 0 N–H and O–H groups in total. The Morgan fingerprint density at radius 1 is 0.292 bits per heavy atom. The van der Waals surface area contributed by atoms with E-state index in [2.05, 4.69) is 118 Å². The molecule has 412 valence electrons. The van der Waals surface area contributed by atoms with E-state index in [4.69, 9.17) is 14.2 Å². The molecule has 0 aliphatic carbocycles. The summed E-state index contributed by atoms with van der Waals surface area (Å²) in [5, 5.41) is 0. The van der Waals surface area contributed by atoms with Crippen LogP contribution in [0, 0.1) is 0 Å². The van der Waals surface area contributed by atoms with Crippen molar-refractivity contribution < 1.29 is 28.6 Å². The molecule has 0 aliphatic heterocycles. The van der Waals surface area contributed by atoms with Gasteiger partial charge in [0.15, 0.2) is 6.10 Å². The first kappa shape index (κ1) is 68.3. The zero-order chi connectivity index (χ0) is 52.2. The van der Waals surface area contributed by atoms with Gasteiger partial charge in [-0.05, 0) is 103 Å². The summed E-state index contributed by atoms with van der Waals surface area (Å²) < 4.78 is 16.8. The van der Waals surface area contributed by atoms with Crippen LogP contribution >= 0.6 is 0 Å². The summed E-state index contributed by atoms with van der Waals surface area (Å²) in [6.45, 7) is 6.46. The summed E-state index contributed by atoms with van der Waals surface area (Å²) in [6, 6.07) is 0. The maximum Gasteiger partial charge on any atom is 0.306 e. The molecule has 0 heterocycles. The van der Waals surface area contributed by atoms with Crippen LogP contribution in [-0.2, 0) is 28.6 Å². The van der Waals surface area contributed by atoms with Gasteiger partial charge in [0.05, 0.1) is 0 Å². The molecule has 1 unspecified atom stereocenters. The van der Waals surface area contributed by atoms with E-state index in [1.165, 1.54) is 122 Å². The highest BCUT2D eigenvalue weighted by Gasteiger charge is 2.19. The number of hydrogen-bond donors (Lipinski definition) is 0. The number of allylic oxidation sites excluding steroid dienone is 16. The van der Waals surface area contributed by atoms with Gasteiger partial charge in [-0.15, -0.1) is 0 Å². The van der Waals surface area contributed by atoms with Crippen molar-refractivity contribution in [3.8, 4) is 0 Å². The Morgan fingerprint density at radius 2 is 0.542 bits per heavy atom. The lowest BCUT2D eigenvalue weighted by molar-refractivity contribution is -0.167. The van der Waals surface area contributed by atoms with Gasteiger partial charge in [-0.2, -0.15) is 0 Å². The number of unbranched alkanes of at least 4 members (excludes halogenated alkanes) is 27. The van der Waals surface area contributed by atoms with Crippen molar-refractivity contribution in [2.24, 2.45) is 0 Å². The second kappa shape index (κ2) is 59.9. The minimum atomic E-state index is -0.782. The summed E-state index contributed by atoms with van der Waals surface area (Å²) in [5.74, 6) is -0.899. The SMILES string of the molecule is CC/C=C\C/C=C\C/C=C\C/C=C\C/C=C\C/C=C\CCCCCCCCCCCCCCC(=O)OCC(COC(=O)CCCCCCCCC)OC(=O)CCCCCCC/C=C\C/C=C\CCCCCC. The third-order valence-corrected chi connectivity index (χ3v) is 12.8. The first-order valence-corrected chi connectivity index (χ1v) is 30.2. The molecule has 0 fully saturated rings. The van der Waals surface area contributed by atoms with E-state index >= 15 is 0 Å². The van der Waals surface area contributed by atoms with Gasteiger partial charge in [-0.25, -0.2) is 0 Å². The molecule has 6 heteroatoms. The van der Waals surface area contributed by atoms with E-state index in [0.29, 0.717) is 19.3 Å². The number of rotatable bonds is 54. The van der Waals surface area contributed by atoms with E-state index in [0.717, 1.165) is 122 Å². The molecule has 0 spiro atoms. The highest BCUT2D eigenvalue weighted by Crippen LogP contribution is 2.15. The summed E-state index contributed by atoms with van der Waals surface area (Å²) in [6.07, 6.45) is 80.0. The Balaban J connectivity index is 4.11. The van der Waals surface area contributed by atoms with Crippen LogP contribution in [0.15, 0.2) is 97.2 Å². The topological polar surface area (TPSA) is 78.9 Å². The number of carbonyl (C=O) groups is 3. The lowest BCUT2D eigenvalue weighted by Gasteiger charge is -2.18. The van der Waals surface area contributed by atoms with Crippen molar-refractivity contribution in [2.75, 3.05) is 13.2 Å². The molecule has 0 bridgehead atoms. The summed E-state index contributed by atoms with van der Waals surface area (Å²) in [5.41, 5.74) is 0. The zero-order valence-electron chi connectivity index (χ0n) is 47.2.